The van der Waals surface area contributed by atoms with Crippen molar-refractivity contribution in [1.29, 1.82) is 0 Å². The molecule has 2 rings (SSSR count). The molecule has 0 aliphatic heterocycles. The van der Waals surface area contributed by atoms with Crippen molar-refractivity contribution in [1.82, 2.24) is 14.8 Å². The van der Waals surface area contributed by atoms with E-state index in [1.807, 2.05) is 35.8 Å². The number of anilines is 1. The average molecular weight is 230 g/mol. The molecule has 5 heteroatoms. The van der Waals surface area contributed by atoms with Crippen molar-refractivity contribution in [3.05, 3.63) is 30.6 Å². The van der Waals surface area contributed by atoms with Crippen LogP contribution in [0.5, 0.6) is 0 Å². The summed E-state index contributed by atoms with van der Waals surface area (Å²) in [7, 11) is 0. The molecule has 0 aliphatic carbocycles. The summed E-state index contributed by atoms with van der Waals surface area (Å²) >= 11 is 0. The van der Waals surface area contributed by atoms with Gasteiger partial charge in [-0.1, -0.05) is 12.1 Å². The van der Waals surface area contributed by atoms with Crippen LogP contribution in [0.3, 0.4) is 0 Å². The van der Waals surface area contributed by atoms with E-state index >= 15 is 0 Å². The molecule has 2 aromatic rings. The summed E-state index contributed by atoms with van der Waals surface area (Å²) < 4.78 is 1.95. The van der Waals surface area contributed by atoms with Crippen molar-refractivity contribution < 1.29 is 4.79 Å². The van der Waals surface area contributed by atoms with Gasteiger partial charge in [-0.05, 0) is 19.1 Å². The second-order valence-electron chi connectivity index (χ2n) is 3.70. The number of amides is 1. The molecule has 0 bridgehead atoms. The van der Waals surface area contributed by atoms with Crippen LogP contribution in [0.25, 0.3) is 11.4 Å². The third-order valence-electron chi connectivity index (χ3n) is 2.40. The van der Waals surface area contributed by atoms with Crippen LogP contribution in [0.4, 0.5) is 5.69 Å². The number of hydrogen-bond donors (Lipinski definition) is 1. The molecule has 1 aromatic carbocycles. The Labute approximate surface area is 99.5 Å². The van der Waals surface area contributed by atoms with Gasteiger partial charge in [0.15, 0.2) is 5.82 Å². The number of nitrogens with one attached hydrogen (secondary N) is 1. The third-order valence-corrected chi connectivity index (χ3v) is 2.40. The minimum Gasteiger partial charge on any atom is -0.326 e. The Hall–Kier alpha value is -2.17. The molecule has 0 atom stereocenters. The molecule has 88 valence electrons. The Morgan fingerprint density at radius 2 is 2.29 bits per heavy atom. The van der Waals surface area contributed by atoms with E-state index in [1.54, 1.807) is 6.33 Å². The highest BCUT2D eigenvalue weighted by atomic mass is 16.1. The summed E-state index contributed by atoms with van der Waals surface area (Å²) in [6.07, 6.45) is 1.69. The lowest BCUT2D eigenvalue weighted by Crippen LogP contribution is -2.05. The number of aromatic nitrogens is 3. The molecule has 17 heavy (non-hydrogen) atoms. The second kappa shape index (κ2) is 4.78. The first-order valence-electron chi connectivity index (χ1n) is 5.46. The average Bonchev–Trinajstić information content (AvgIpc) is 2.76. The van der Waals surface area contributed by atoms with Gasteiger partial charge in [-0.15, -0.1) is 10.2 Å². The van der Waals surface area contributed by atoms with Crippen LogP contribution in [0.2, 0.25) is 0 Å². The first-order valence-corrected chi connectivity index (χ1v) is 5.46. The molecule has 0 unspecified atom stereocenters. The maximum Gasteiger partial charge on any atom is 0.221 e. The highest BCUT2D eigenvalue weighted by molar-refractivity contribution is 5.89. The van der Waals surface area contributed by atoms with Gasteiger partial charge in [-0.2, -0.15) is 0 Å². The van der Waals surface area contributed by atoms with E-state index in [0.717, 1.165) is 23.6 Å². The molecule has 0 aliphatic rings. The highest BCUT2D eigenvalue weighted by Gasteiger charge is 2.06. The molecule has 1 amide bonds. The fraction of sp³-hybridized carbons (Fsp3) is 0.250. The highest BCUT2D eigenvalue weighted by Crippen LogP contribution is 2.20. The van der Waals surface area contributed by atoms with Gasteiger partial charge in [0.2, 0.25) is 5.91 Å². The fourth-order valence-corrected chi connectivity index (χ4v) is 1.65. The SMILES string of the molecule is CCn1cnnc1-c1cccc(NC(C)=O)c1. The largest absolute Gasteiger partial charge is 0.326 e. The molecule has 1 N–H and O–H groups in total. The van der Waals surface area contributed by atoms with Crippen LogP contribution in [-0.2, 0) is 11.3 Å². The van der Waals surface area contributed by atoms with Gasteiger partial charge in [0.05, 0.1) is 0 Å². The Kier molecular flexibility index (Phi) is 3.18. The molecule has 1 aromatic heterocycles. The van der Waals surface area contributed by atoms with Crippen LogP contribution in [0.1, 0.15) is 13.8 Å². The Morgan fingerprint density at radius 3 is 3.00 bits per heavy atom. The number of aryl methyl sites for hydroxylation is 1. The quantitative estimate of drug-likeness (QED) is 0.876. The predicted molar refractivity (Wildman–Crippen MR) is 65.4 cm³/mol. The lowest BCUT2D eigenvalue weighted by atomic mass is 10.2. The molecule has 0 saturated heterocycles. The van der Waals surface area contributed by atoms with Crippen LogP contribution in [0.15, 0.2) is 30.6 Å². The standard InChI is InChI=1S/C12H14N4O/c1-3-16-8-13-15-12(16)10-5-4-6-11(7-10)14-9(2)17/h4-8H,3H2,1-2H3,(H,14,17). The molecule has 5 nitrogen and oxygen atoms in total. The van der Waals surface area contributed by atoms with E-state index in [1.165, 1.54) is 6.92 Å². The number of carbonyl (C=O) groups excluding carboxylic acids is 1. The first-order chi connectivity index (χ1) is 8.20. The number of benzene rings is 1. The molecule has 0 fully saturated rings. The van der Waals surface area contributed by atoms with Crippen LogP contribution in [-0.4, -0.2) is 20.7 Å². The zero-order valence-electron chi connectivity index (χ0n) is 9.84. The molecule has 1 heterocycles. The Morgan fingerprint density at radius 1 is 1.47 bits per heavy atom. The van der Waals surface area contributed by atoms with Crippen molar-refractivity contribution in [3.63, 3.8) is 0 Å². The zero-order chi connectivity index (χ0) is 12.3. The smallest absolute Gasteiger partial charge is 0.221 e. The molecular weight excluding hydrogens is 216 g/mol. The summed E-state index contributed by atoms with van der Waals surface area (Å²) in [6, 6.07) is 7.56. The van der Waals surface area contributed by atoms with E-state index < -0.39 is 0 Å². The normalized spacial score (nSPS) is 10.2. The van der Waals surface area contributed by atoms with Crippen molar-refractivity contribution in [2.75, 3.05) is 5.32 Å². The van der Waals surface area contributed by atoms with Gasteiger partial charge >= 0.3 is 0 Å². The number of carbonyl (C=O) groups is 1. The van der Waals surface area contributed by atoms with Gasteiger partial charge < -0.3 is 9.88 Å². The summed E-state index contributed by atoms with van der Waals surface area (Å²) in [5, 5.41) is 10.7. The van der Waals surface area contributed by atoms with Crippen LogP contribution < -0.4 is 5.32 Å². The summed E-state index contributed by atoms with van der Waals surface area (Å²) in [5.41, 5.74) is 1.70. The third kappa shape index (κ3) is 2.50. The molecule has 0 radical (unpaired) electrons. The van der Waals surface area contributed by atoms with Gasteiger partial charge in [0.25, 0.3) is 0 Å². The summed E-state index contributed by atoms with van der Waals surface area (Å²) in [6.45, 7) is 4.33. The van der Waals surface area contributed by atoms with E-state index in [9.17, 15) is 4.79 Å². The van der Waals surface area contributed by atoms with Gasteiger partial charge in [0.1, 0.15) is 6.33 Å². The summed E-state index contributed by atoms with van der Waals surface area (Å²) in [5.74, 6) is 0.721. The van der Waals surface area contributed by atoms with Crippen LogP contribution >= 0.6 is 0 Å². The van der Waals surface area contributed by atoms with E-state index in [-0.39, 0.29) is 5.91 Å². The van der Waals surface area contributed by atoms with E-state index in [0.29, 0.717) is 0 Å². The van der Waals surface area contributed by atoms with Gasteiger partial charge in [0, 0.05) is 24.7 Å². The lowest BCUT2D eigenvalue weighted by Gasteiger charge is -2.06. The van der Waals surface area contributed by atoms with Crippen molar-refractivity contribution in [2.24, 2.45) is 0 Å². The predicted octanol–water partition coefficient (Wildman–Crippen LogP) is 1.92. The molecular formula is C12H14N4O. The Balaban J connectivity index is 2.36. The number of hydrogen-bond acceptors (Lipinski definition) is 3. The van der Waals surface area contributed by atoms with Gasteiger partial charge in [-0.3, -0.25) is 4.79 Å². The second-order valence-corrected chi connectivity index (χ2v) is 3.70. The maximum absolute atomic E-state index is 11.0. The van der Waals surface area contributed by atoms with Gasteiger partial charge in [-0.25, -0.2) is 0 Å². The van der Waals surface area contributed by atoms with Crippen molar-refractivity contribution >= 4 is 11.6 Å². The zero-order valence-corrected chi connectivity index (χ0v) is 9.84. The van der Waals surface area contributed by atoms with Crippen LogP contribution in [0, 0.1) is 0 Å². The number of rotatable bonds is 3. The Bertz CT molecular complexity index is 533. The first kappa shape index (κ1) is 11.3. The van der Waals surface area contributed by atoms with E-state index in [2.05, 4.69) is 15.5 Å². The van der Waals surface area contributed by atoms with E-state index in [4.69, 9.17) is 0 Å². The molecule has 0 spiro atoms. The molecule has 0 saturated carbocycles. The lowest BCUT2D eigenvalue weighted by molar-refractivity contribution is -0.114. The minimum atomic E-state index is -0.0842. The fourth-order valence-electron chi connectivity index (χ4n) is 1.65. The van der Waals surface area contributed by atoms with Crippen molar-refractivity contribution in [3.8, 4) is 11.4 Å². The number of nitrogens with zero attached hydrogens (tertiary/aromatic N) is 3. The minimum absolute atomic E-state index is 0.0842. The maximum atomic E-state index is 11.0. The monoisotopic (exact) mass is 230 g/mol. The summed E-state index contributed by atoms with van der Waals surface area (Å²) in [4.78, 5) is 11.0. The van der Waals surface area contributed by atoms with Crippen molar-refractivity contribution in [2.45, 2.75) is 20.4 Å². The topological polar surface area (TPSA) is 59.8 Å².